The summed E-state index contributed by atoms with van der Waals surface area (Å²) in [5, 5.41) is 3.12. The van der Waals surface area contributed by atoms with Crippen molar-refractivity contribution in [3.63, 3.8) is 0 Å². The Bertz CT molecular complexity index is 1140. The molecule has 4 rings (SSSR count). The number of halogens is 1. The Morgan fingerprint density at radius 3 is 2.31 bits per heavy atom. The predicted molar refractivity (Wildman–Crippen MR) is 116 cm³/mol. The smallest absolute Gasteiger partial charge is 0.267 e. The molecule has 1 atom stereocenters. The molecule has 1 aliphatic heterocycles. The van der Waals surface area contributed by atoms with Gasteiger partial charge >= 0.3 is 0 Å². The number of nitrogens with one attached hydrogen (secondary N) is 1. The van der Waals surface area contributed by atoms with Gasteiger partial charge in [0.1, 0.15) is 34.9 Å². The Hall–Kier alpha value is -4.05. The number of carbonyl (C=O) groups excluding carboxylic acids is 2. The topological polar surface area (TPSA) is 136 Å². The van der Waals surface area contributed by atoms with Gasteiger partial charge in [0.25, 0.3) is 5.91 Å². The van der Waals surface area contributed by atoms with Crippen molar-refractivity contribution in [1.82, 2.24) is 15.3 Å². The summed E-state index contributed by atoms with van der Waals surface area (Å²) in [7, 11) is 0. The van der Waals surface area contributed by atoms with E-state index in [0.29, 0.717) is 42.5 Å². The van der Waals surface area contributed by atoms with Gasteiger partial charge in [0.15, 0.2) is 5.82 Å². The highest BCUT2D eigenvalue weighted by molar-refractivity contribution is 5.92. The lowest BCUT2D eigenvalue weighted by molar-refractivity contribution is -0.119. The van der Waals surface area contributed by atoms with Crippen molar-refractivity contribution in [2.45, 2.75) is 6.04 Å². The molecular formula is C22H21FN6O3. The van der Waals surface area contributed by atoms with Crippen LogP contribution in [0.5, 0.6) is 11.5 Å². The lowest BCUT2D eigenvalue weighted by Gasteiger charge is -2.35. The zero-order chi connectivity index (χ0) is 22.7. The number of aromatic nitrogens is 2. The Morgan fingerprint density at radius 1 is 1.03 bits per heavy atom. The molecule has 1 aromatic heterocycles. The first-order valence-corrected chi connectivity index (χ1v) is 9.90. The van der Waals surface area contributed by atoms with Gasteiger partial charge < -0.3 is 26.4 Å². The van der Waals surface area contributed by atoms with E-state index in [1.54, 1.807) is 29.2 Å². The monoisotopic (exact) mass is 436 g/mol. The minimum absolute atomic E-state index is 0.0263. The highest BCUT2D eigenvalue weighted by Crippen LogP contribution is 2.26. The van der Waals surface area contributed by atoms with Crippen LogP contribution in [0.2, 0.25) is 0 Å². The number of rotatable bonds is 6. The fraction of sp³-hybridized carbons (Fsp3) is 0.182. The molecule has 1 saturated heterocycles. The summed E-state index contributed by atoms with van der Waals surface area (Å²) in [5.41, 5.74) is 11.7. The normalized spacial score (nSPS) is 15.9. The summed E-state index contributed by atoms with van der Waals surface area (Å²) in [5.74, 6) is 0.120. The molecule has 0 saturated carbocycles. The molecule has 164 valence electrons. The van der Waals surface area contributed by atoms with Crippen LogP contribution >= 0.6 is 0 Å². The molecule has 9 nitrogen and oxygen atoms in total. The Kier molecular flexibility index (Phi) is 5.95. The van der Waals surface area contributed by atoms with Crippen molar-refractivity contribution >= 4 is 17.6 Å². The molecule has 5 N–H and O–H groups in total. The van der Waals surface area contributed by atoms with Crippen LogP contribution in [-0.4, -0.2) is 47.5 Å². The van der Waals surface area contributed by atoms with Crippen LogP contribution in [0.3, 0.4) is 0 Å². The van der Waals surface area contributed by atoms with Crippen molar-refractivity contribution in [3.8, 4) is 22.9 Å². The molecule has 0 spiro atoms. The van der Waals surface area contributed by atoms with Crippen LogP contribution in [0.25, 0.3) is 11.4 Å². The van der Waals surface area contributed by atoms with E-state index in [9.17, 15) is 14.0 Å². The van der Waals surface area contributed by atoms with Gasteiger partial charge in [-0.2, -0.15) is 0 Å². The van der Waals surface area contributed by atoms with Gasteiger partial charge in [0, 0.05) is 31.3 Å². The third-order valence-corrected chi connectivity index (χ3v) is 4.99. The Labute approximate surface area is 183 Å². The summed E-state index contributed by atoms with van der Waals surface area (Å²) < 4.78 is 18.8. The molecule has 2 amide bonds. The first kappa shape index (κ1) is 21.2. The number of piperazine rings is 1. The largest absolute Gasteiger partial charge is 0.457 e. The maximum Gasteiger partial charge on any atom is 0.267 e. The van der Waals surface area contributed by atoms with E-state index in [1.807, 2.05) is 0 Å². The van der Waals surface area contributed by atoms with Gasteiger partial charge in [0.05, 0.1) is 0 Å². The minimum Gasteiger partial charge on any atom is -0.457 e. The van der Waals surface area contributed by atoms with Crippen molar-refractivity contribution in [3.05, 3.63) is 66.1 Å². The molecule has 32 heavy (non-hydrogen) atoms. The van der Waals surface area contributed by atoms with Crippen LogP contribution in [0, 0.1) is 5.82 Å². The average molecular weight is 436 g/mol. The molecule has 0 bridgehead atoms. The number of anilines is 1. The maximum absolute atomic E-state index is 13.1. The van der Waals surface area contributed by atoms with E-state index < -0.39 is 17.9 Å². The molecule has 2 aromatic carbocycles. The number of amides is 2. The second-order valence-electron chi connectivity index (χ2n) is 7.20. The zero-order valence-electron chi connectivity index (χ0n) is 17.0. The van der Waals surface area contributed by atoms with Crippen molar-refractivity contribution in [1.29, 1.82) is 0 Å². The van der Waals surface area contributed by atoms with Crippen LogP contribution in [0.1, 0.15) is 10.5 Å². The Morgan fingerprint density at radius 2 is 1.69 bits per heavy atom. The number of benzene rings is 2. The second-order valence-corrected chi connectivity index (χ2v) is 7.20. The average Bonchev–Trinajstić information content (AvgIpc) is 2.80. The summed E-state index contributed by atoms with van der Waals surface area (Å²) in [6.07, 6.45) is 0. The lowest BCUT2D eigenvalue weighted by atomic mass is 10.1. The van der Waals surface area contributed by atoms with Gasteiger partial charge in [-0.25, -0.2) is 14.4 Å². The predicted octanol–water partition coefficient (Wildman–Crippen LogP) is 1.44. The van der Waals surface area contributed by atoms with E-state index in [4.69, 9.17) is 16.2 Å². The molecule has 1 aliphatic rings. The number of nitrogens with zero attached hydrogens (tertiary/aromatic N) is 3. The molecule has 10 heteroatoms. The number of ether oxygens (including phenoxy) is 1. The zero-order valence-corrected chi connectivity index (χ0v) is 17.0. The second kappa shape index (κ2) is 8.98. The third-order valence-electron chi connectivity index (χ3n) is 4.99. The fourth-order valence-corrected chi connectivity index (χ4v) is 3.38. The summed E-state index contributed by atoms with van der Waals surface area (Å²) in [4.78, 5) is 34.3. The minimum atomic E-state index is -0.711. The van der Waals surface area contributed by atoms with Crippen molar-refractivity contribution in [2.24, 2.45) is 11.5 Å². The van der Waals surface area contributed by atoms with E-state index in [2.05, 4.69) is 15.3 Å². The van der Waals surface area contributed by atoms with Crippen molar-refractivity contribution in [2.75, 3.05) is 24.5 Å². The molecule has 0 radical (unpaired) electrons. The van der Waals surface area contributed by atoms with Gasteiger partial charge in [-0.3, -0.25) is 9.59 Å². The SMILES string of the molecule is NC(=O)c1cc(N2CCNCC2C(N)=O)nc(-c2ccc(Oc3ccc(F)cc3)cc2)n1. The highest BCUT2D eigenvalue weighted by atomic mass is 19.1. The molecule has 1 unspecified atom stereocenters. The summed E-state index contributed by atoms with van der Waals surface area (Å²) in [6, 6.07) is 13.4. The molecule has 1 fully saturated rings. The van der Waals surface area contributed by atoms with E-state index in [-0.39, 0.29) is 17.3 Å². The van der Waals surface area contributed by atoms with Crippen LogP contribution in [-0.2, 0) is 4.79 Å². The van der Waals surface area contributed by atoms with Crippen LogP contribution in [0.15, 0.2) is 54.6 Å². The van der Waals surface area contributed by atoms with E-state index in [0.717, 1.165) is 0 Å². The number of hydrogen-bond acceptors (Lipinski definition) is 7. The molecular weight excluding hydrogens is 415 g/mol. The number of hydrogen-bond donors (Lipinski definition) is 3. The van der Waals surface area contributed by atoms with Crippen molar-refractivity contribution < 1.29 is 18.7 Å². The van der Waals surface area contributed by atoms with E-state index in [1.165, 1.54) is 30.3 Å². The van der Waals surface area contributed by atoms with Gasteiger partial charge in [-0.1, -0.05) is 0 Å². The highest BCUT2D eigenvalue weighted by Gasteiger charge is 2.29. The summed E-state index contributed by atoms with van der Waals surface area (Å²) >= 11 is 0. The fourth-order valence-electron chi connectivity index (χ4n) is 3.38. The quantitative estimate of drug-likeness (QED) is 0.532. The molecule has 3 aromatic rings. The lowest BCUT2D eigenvalue weighted by Crippen LogP contribution is -2.57. The standard InChI is InChI=1S/C22H21FN6O3/c23-14-3-7-16(8-4-14)32-15-5-1-13(2-6-15)22-27-17(20(24)30)11-19(28-22)29-10-9-26-12-18(29)21(25)31/h1-8,11,18,26H,9-10,12H2,(H2,24,30)(H2,25,31). The van der Waals surface area contributed by atoms with E-state index >= 15 is 0 Å². The first-order valence-electron chi connectivity index (χ1n) is 9.90. The molecule has 2 heterocycles. The number of primary amides is 2. The van der Waals surface area contributed by atoms with Crippen LogP contribution in [0.4, 0.5) is 10.2 Å². The number of nitrogens with two attached hydrogens (primary N) is 2. The Balaban J connectivity index is 1.64. The van der Waals surface area contributed by atoms with Gasteiger partial charge in [0.2, 0.25) is 5.91 Å². The molecule has 0 aliphatic carbocycles. The first-order chi connectivity index (χ1) is 15.4. The summed E-state index contributed by atoms with van der Waals surface area (Å²) in [6.45, 7) is 1.48. The number of carbonyl (C=O) groups is 2. The maximum atomic E-state index is 13.1. The third kappa shape index (κ3) is 4.65. The van der Waals surface area contributed by atoms with Crippen LogP contribution < -0.4 is 26.4 Å². The van der Waals surface area contributed by atoms with Gasteiger partial charge in [-0.15, -0.1) is 0 Å². The van der Waals surface area contributed by atoms with Gasteiger partial charge in [-0.05, 0) is 48.5 Å².